The van der Waals surface area contributed by atoms with Crippen LogP contribution in [0.4, 0.5) is 0 Å². The van der Waals surface area contributed by atoms with Gasteiger partial charge in [-0.2, -0.15) is 0 Å². The van der Waals surface area contributed by atoms with Crippen LogP contribution in [-0.2, 0) is 0 Å². The van der Waals surface area contributed by atoms with Crippen LogP contribution in [0.2, 0.25) is 0 Å². The summed E-state index contributed by atoms with van der Waals surface area (Å²) < 4.78 is 12.9. The van der Waals surface area contributed by atoms with Crippen molar-refractivity contribution in [2.45, 2.75) is 11.8 Å². The van der Waals surface area contributed by atoms with Gasteiger partial charge in [-0.1, -0.05) is 182 Å². The highest BCUT2D eigenvalue weighted by Crippen LogP contribution is 2.38. The molecule has 0 spiro atoms. The maximum absolute atomic E-state index is 6.47. The topological polar surface area (TPSA) is 52.1 Å². The minimum atomic E-state index is -0.160. The molecule has 10 aromatic rings. The molecule has 2 heterocycles. The molecule has 8 aromatic carbocycles. The Balaban J connectivity index is 0.960. The maximum Gasteiger partial charge on any atom is 0.207 e. The van der Waals surface area contributed by atoms with Crippen molar-refractivity contribution in [3.8, 4) is 33.4 Å². The number of fused-ring (bicyclic) bond motifs is 2. The van der Waals surface area contributed by atoms with Crippen molar-refractivity contribution in [2.24, 2.45) is 0 Å². The van der Waals surface area contributed by atoms with Gasteiger partial charge in [0.25, 0.3) is 0 Å². The zero-order valence-electron chi connectivity index (χ0n) is 30.5. The van der Waals surface area contributed by atoms with Crippen LogP contribution in [0.25, 0.3) is 55.6 Å². The predicted molar refractivity (Wildman–Crippen MR) is 226 cm³/mol. The first-order valence-corrected chi connectivity index (χ1v) is 19.0. The second kappa shape index (κ2) is 14.5. The molecule has 0 N–H and O–H groups in total. The lowest BCUT2D eigenvalue weighted by Gasteiger charge is -2.16. The largest absolute Gasteiger partial charge is 0.440 e. The third-order valence-corrected chi connectivity index (χ3v) is 10.6. The Bertz CT molecular complexity index is 2680. The summed E-state index contributed by atoms with van der Waals surface area (Å²) in [6, 6.07) is 71.7. The first-order valence-electron chi connectivity index (χ1n) is 19.0. The summed E-state index contributed by atoms with van der Waals surface area (Å²) >= 11 is 0. The van der Waals surface area contributed by atoms with Crippen molar-refractivity contribution in [1.82, 2.24) is 9.97 Å². The lowest BCUT2D eigenvalue weighted by Crippen LogP contribution is -2.04. The molecule has 4 nitrogen and oxygen atoms in total. The number of hydrogen-bond acceptors (Lipinski definition) is 4. The van der Waals surface area contributed by atoms with Gasteiger partial charge in [0.1, 0.15) is 11.0 Å². The van der Waals surface area contributed by atoms with Crippen LogP contribution >= 0.6 is 0 Å². The van der Waals surface area contributed by atoms with Gasteiger partial charge in [0.05, 0.1) is 11.8 Å². The van der Waals surface area contributed by atoms with Crippen molar-refractivity contribution in [2.75, 3.05) is 0 Å². The van der Waals surface area contributed by atoms with Gasteiger partial charge in [-0.05, 0) is 79.9 Å². The van der Waals surface area contributed by atoms with Crippen LogP contribution < -0.4 is 0 Å². The van der Waals surface area contributed by atoms with Crippen molar-refractivity contribution in [1.29, 1.82) is 0 Å². The monoisotopic (exact) mass is 720 g/mol. The molecule has 0 aliphatic carbocycles. The van der Waals surface area contributed by atoms with Gasteiger partial charge in [0.15, 0.2) is 11.2 Å². The zero-order chi connectivity index (χ0) is 37.3. The van der Waals surface area contributed by atoms with Gasteiger partial charge < -0.3 is 8.83 Å². The summed E-state index contributed by atoms with van der Waals surface area (Å²) in [6.45, 7) is 0. The van der Waals surface area contributed by atoms with Gasteiger partial charge in [-0.25, -0.2) is 9.97 Å². The predicted octanol–water partition coefficient (Wildman–Crippen LogP) is 13.3. The van der Waals surface area contributed by atoms with Gasteiger partial charge >= 0.3 is 0 Å². The Labute approximate surface area is 325 Å². The molecular formula is C52H36N2O2. The summed E-state index contributed by atoms with van der Waals surface area (Å²) in [6.07, 6.45) is 0. The standard InChI is InChI=1S/C52H36N2O2/c1-5-13-35(14-6-1)43-29-31-47-45(33-43)53-51(55-47)49(39-17-9-3-10-18-39)41-25-21-37(22-26-41)38-23-27-42(28-24-38)50(40-19-11-4-12-20-40)52-54-46-34-44(30-32-48(46)56-52)36-15-7-2-8-16-36/h1-34,49-50H. The third kappa shape index (κ3) is 6.48. The van der Waals surface area contributed by atoms with Gasteiger partial charge in [-0.15, -0.1) is 0 Å². The summed E-state index contributed by atoms with van der Waals surface area (Å²) in [5.74, 6) is 1.03. The van der Waals surface area contributed by atoms with E-state index in [4.69, 9.17) is 18.8 Å². The number of benzene rings is 8. The first-order chi connectivity index (χ1) is 27.7. The molecular weight excluding hydrogens is 685 g/mol. The van der Waals surface area contributed by atoms with Crippen LogP contribution in [0.3, 0.4) is 0 Å². The molecule has 0 radical (unpaired) electrons. The number of rotatable bonds is 9. The molecule has 0 aliphatic rings. The minimum Gasteiger partial charge on any atom is -0.440 e. The smallest absolute Gasteiger partial charge is 0.207 e. The molecule has 0 fully saturated rings. The first kappa shape index (κ1) is 33.3. The van der Waals surface area contributed by atoms with Gasteiger partial charge in [-0.3, -0.25) is 0 Å². The molecule has 0 aliphatic heterocycles. The Hall–Kier alpha value is -7.30. The highest BCUT2D eigenvalue weighted by atomic mass is 16.4. The molecule has 2 unspecified atom stereocenters. The van der Waals surface area contributed by atoms with Crippen molar-refractivity contribution in [3.05, 3.63) is 240 Å². The van der Waals surface area contributed by atoms with E-state index in [0.29, 0.717) is 11.8 Å². The SMILES string of the molecule is c1ccc(-c2ccc3oc(C(c4ccccc4)c4ccc(-c5ccc(C(c6ccccc6)c6nc7cc(-c8ccccc8)ccc7o6)cc5)cc4)nc3c2)cc1. The quantitative estimate of drug-likeness (QED) is 0.149. The average Bonchev–Trinajstić information content (AvgIpc) is 3.89. The summed E-state index contributed by atoms with van der Waals surface area (Å²) in [5, 5.41) is 0. The Morgan fingerprint density at radius 3 is 0.964 bits per heavy atom. The van der Waals surface area contributed by atoms with E-state index in [0.717, 1.165) is 77.8 Å². The second-order valence-corrected chi connectivity index (χ2v) is 14.1. The molecule has 2 aromatic heterocycles. The number of nitrogens with zero attached hydrogens (tertiary/aromatic N) is 2. The van der Waals surface area contributed by atoms with E-state index in [1.165, 1.54) is 0 Å². The molecule has 4 heteroatoms. The Morgan fingerprint density at radius 1 is 0.286 bits per heavy atom. The third-order valence-electron chi connectivity index (χ3n) is 10.6. The Kier molecular flexibility index (Phi) is 8.62. The molecule has 56 heavy (non-hydrogen) atoms. The van der Waals surface area contributed by atoms with Crippen LogP contribution in [-0.4, -0.2) is 9.97 Å². The van der Waals surface area contributed by atoms with Crippen LogP contribution in [0.1, 0.15) is 45.9 Å². The average molecular weight is 721 g/mol. The molecule has 0 saturated heterocycles. The van der Waals surface area contributed by atoms with Crippen molar-refractivity contribution < 1.29 is 8.83 Å². The second-order valence-electron chi connectivity index (χ2n) is 14.1. The summed E-state index contributed by atoms with van der Waals surface area (Å²) in [5.41, 5.74) is 14.5. The molecule has 0 bridgehead atoms. The van der Waals surface area contributed by atoms with Crippen LogP contribution in [0.5, 0.6) is 0 Å². The fraction of sp³-hybridized carbons (Fsp3) is 0.0385. The fourth-order valence-corrected chi connectivity index (χ4v) is 7.74. The normalized spacial score (nSPS) is 12.5. The van der Waals surface area contributed by atoms with E-state index in [1.807, 2.05) is 36.4 Å². The molecule has 0 saturated carbocycles. The Morgan fingerprint density at radius 2 is 0.589 bits per heavy atom. The van der Waals surface area contributed by atoms with E-state index < -0.39 is 0 Å². The van der Waals surface area contributed by atoms with Crippen molar-refractivity contribution >= 4 is 22.2 Å². The van der Waals surface area contributed by atoms with E-state index in [2.05, 4.69) is 170 Å². The highest BCUT2D eigenvalue weighted by Gasteiger charge is 2.25. The van der Waals surface area contributed by atoms with E-state index in [9.17, 15) is 0 Å². The molecule has 0 amide bonds. The van der Waals surface area contributed by atoms with Gasteiger partial charge in [0, 0.05) is 0 Å². The molecule has 10 rings (SSSR count). The zero-order valence-corrected chi connectivity index (χ0v) is 30.5. The number of hydrogen-bond donors (Lipinski definition) is 0. The maximum atomic E-state index is 6.47. The summed E-state index contributed by atoms with van der Waals surface area (Å²) in [4.78, 5) is 10.1. The number of aromatic nitrogens is 2. The van der Waals surface area contributed by atoms with Crippen LogP contribution in [0.15, 0.2) is 215 Å². The highest BCUT2D eigenvalue weighted by molar-refractivity contribution is 5.82. The van der Waals surface area contributed by atoms with E-state index in [1.54, 1.807) is 0 Å². The lowest BCUT2D eigenvalue weighted by atomic mass is 9.88. The number of oxazole rings is 2. The van der Waals surface area contributed by atoms with E-state index >= 15 is 0 Å². The van der Waals surface area contributed by atoms with Crippen LogP contribution in [0, 0.1) is 0 Å². The lowest BCUT2D eigenvalue weighted by molar-refractivity contribution is 0.521. The fourth-order valence-electron chi connectivity index (χ4n) is 7.74. The minimum absolute atomic E-state index is 0.160. The van der Waals surface area contributed by atoms with Gasteiger partial charge in [0.2, 0.25) is 11.8 Å². The molecule has 2 atom stereocenters. The molecule has 266 valence electrons. The van der Waals surface area contributed by atoms with E-state index in [-0.39, 0.29) is 11.8 Å². The summed E-state index contributed by atoms with van der Waals surface area (Å²) in [7, 11) is 0. The van der Waals surface area contributed by atoms with Crippen molar-refractivity contribution in [3.63, 3.8) is 0 Å².